The second-order valence-electron chi connectivity index (χ2n) is 8.86. The van der Waals surface area contributed by atoms with Gasteiger partial charge in [-0.1, -0.05) is 18.9 Å². The predicted molar refractivity (Wildman–Crippen MR) is 132 cm³/mol. The van der Waals surface area contributed by atoms with E-state index in [2.05, 4.69) is 33.0 Å². The Morgan fingerprint density at radius 1 is 1.26 bits per heavy atom. The van der Waals surface area contributed by atoms with Gasteiger partial charge in [0.1, 0.15) is 17.9 Å². The molecule has 2 saturated heterocycles. The lowest BCUT2D eigenvalue weighted by Gasteiger charge is -2.45. The van der Waals surface area contributed by atoms with Gasteiger partial charge in [0.15, 0.2) is 5.60 Å². The van der Waals surface area contributed by atoms with Gasteiger partial charge >= 0.3 is 6.09 Å². The summed E-state index contributed by atoms with van der Waals surface area (Å²) in [7, 11) is 1.59. The number of anilines is 3. The van der Waals surface area contributed by atoms with E-state index in [1.807, 2.05) is 37.3 Å². The Balaban J connectivity index is 1.51. The highest BCUT2D eigenvalue weighted by molar-refractivity contribution is 6.00. The van der Waals surface area contributed by atoms with E-state index in [1.54, 1.807) is 12.0 Å². The number of carbonyl (C=O) groups excluding carboxylic acids is 1. The summed E-state index contributed by atoms with van der Waals surface area (Å²) >= 11 is 0. The van der Waals surface area contributed by atoms with Gasteiger partial charge in [-0.2, -0.15) is 0 Å². The van der Waals surface area contributed by atoms with Crippen LogP contribution in [0.3, 0.4) is 0 Å². The van der Waals surface area contributed by atoms with Crippen molar-refractivity contribution in [2.24, 2.45) is 0 Å². The van der Waals surface area contributed by atoms with Crippen molar-refractivity contribution in [3.8, 4) is 18.1 Å². The van der Waals surface area contributed by atoms with Gasteiger partial charge in [-0.25, -0.2) is 14.8 Å². The summed E-state index contributed by atoms with van der Waals surface area (Å²) < 4.78 is 11.5. The minimum atomic E-state index is -0.465. The largest absolute Gasteiger partial charge is 0.494 e. The maximum atomic E-state index is 12.9. The molecular weight excluding hydrogens is 430 g/mol. The van der Waals surface area contributed by atoms with Crippen LogP contribution >= 0.6 is 0 Å². The lowest BCUT2D eigenvalue weighted by molar-refractivity contribution is -0.0720. The number of carbonyl (C=O) groups is 1. The van der Waals surface area contributed by atoms with Crippen molar-refractivity contribution in [1.82, 2.24) is 14.9 Å². The lowest BCUT2D eigenvalue weighted by Crippen LogP contribution is -2.63. The van der Waals surface area contributed by atoms with Gasteiger partial charge in [-0.15, -0.1) is 6.42 Å². The van der Waals surface area contributed by atoms with E-state index in [0.717, 1.165) is 48.3 Å². The van der Waals surface area contributed by atoms with Crippen LogP contribution in [0.2, 0.25) is 0 Å². The molecule has 0 atom stereocenters. The quantitative estimate of drug-likeness (QED) is 0.559. The van der Waals surface area contributed by atoms with Crippen LogP contribution in [0.25, 0.3) is 10.9 Å². The molecular formula is C26H27N5O3. The molecule has 34 heavy (non-hydrogen) atoms. The number of terminal acetylenes is 1. The van der Waals surface area contributed by atoms with Crippen molar-refractivity contribution < 1.29 is 14.3 Å². The number of nitrogens with zero attached hydrogens (tertiary/aromatic N) is 4. The highest BCUT2D eigenvalue weighted by Gasteiger charge is 2.54. The molecule has 3 heterocycles. The van der Waals surface area contributed by atoms with Crippen molar-refractivity contribution in [3.05, 3.63) is 47.8 Å². The summed E-state index contributed by atoms with van der Waals surface area (Å²) in [6, 6.07) is 9.47. The molecule has 8 heteroatoms. The second-order valence-corrected chi connectivity index (χ2v) is 8.86. The topological polar surface area (TPSA) is 79.8 Å². The first-order valence-corrected chi connectivity index (χ1v) is 11.4. The van der Waals surface area contributed by atoms with Crippen LogP contribution < -0.4 is 15.0 Å². The van der Waals surface area contributed by atoms with Crippen molar-refractivity contribution in [2.45, 2.75) is 25.9 Å². The molecule has 0 saturated carbocycles. The molecule has 1 spiro atoms. The predicted octanol–water partition coefficient (Wildman–Crippen LogP) is 4.09. The van der Waals surface area contributed by atoms with Crippen LogP contribution in [0, 0.1) is 19.3 Å². The molecule has 2 aliphatic rings. The van der Waals surface area contributed by atoms with Crippen LogP contribution in [0.5, 0.6) is 5.75 Å². The van der Waals surface area contributed by atoms with E-state index in [4.69, 9.17) is 15.9 Å². The Morgan fingerprint density at radius 2 is 2.09 bits per heavy atom. The third-order valence-electron chi connectivity index (χ3n) is 6.50. The summed E-state index contributed by atoms with van der Waals surface area (Å²) in [6.45, 7) is 7.10. The number of methoxy groups -OCH3 is 1. The van der Waals surface area contributed by atoms with Gasteiger partial charge in [0, 0.05) is 35.8 Å². The molecule has 3 aromatic rings. The second kappa shape index (κ2) is 8.50. The van der Waals surface area contributed by atoms with Crippen molar-refractivity contribution in [3.63, 3.8) is 0 Å². The molecule has 0 bridgehead atoms. The Morgan fingerprint density at radius 3 is 2.82 bits per heavy atom. The average molecular weight is 458 g/mol. The smallest absolute Gasteiger partial charge is 0.415 e. The van der Waals surface area contributed by atoms with Crippen LogP contribution in [-0.4, -0.2) is 59.9 Å². The number of hydrogen-bond acceptors (Lipinski definition) is 7. The maximum absolute atomic E-state index is 12.9. The van der Waals surface area contributed by atoms with Crippen LogP contribution in [-0.2, 0) is 4.74 Å². The Bertz CT molecular complexity index is 1310. The Labute approximate surface area is 198 Å². The maximum Gasteiger partial charge on any atom is 0.415 e. The summed E-state index contributed by atoms with van der Waals surface area (Å²) in [5, 5.41) is 4.15. The van der Waals surface area contributed by atoms with E-state index in [-0.39, 0.29) is 6.09 Å². The molecule has 5 rings (SSSR count). The fraction of sp³-hybridized carbons (Fsp3) is 0.346. The van der Waals surface area contributed by atoms with E-state index in [9.17, 15) is 4.79 Å². The highest BCUT2D eigenvalue weighted by atomic mass is 16.6. The minimum Gasteiger partial charge on any atom is -0.494 e. The van der Waals surface area contributed by atoms with Gasteiger partial charge in [-0.3, -0.25) is 9.80 Å². The molecule has 174 valence electrons. The third-order valence-corrected chi connectivity index (χ3v) is 6.50. The molecule has 1 N–H and O–H groups in total. The molecule has 2 aliphatic heterocycles. The fourth-order valence-electron chi connectivity index (χ4n) is 4.82. The SMILES string of the molecule is C#Cc1cccc(Nc2ncnc3cc(OC)c(N4CC5(CN(CCC)C5)OC4=O)cc23)c1C. The fourth-order valence-corrected chi connectivity index (χ4v) is 4.82. The number of hydrogen-bond donors (Lipinski definition) is 1. The first kappa shape index (κ1) is 22.0. The van der Waals surface area contributed by atoms with Crippen molar-refractivity contribution in [1.29, 1.82) is 0 Å². The zero-order valence-electron chi connectivity index (χ0n) is 19.6. The van der Waals surface area contributed by atoms with E-state index < -0.39 is 5.60 Å². The molecule has 1 amide bonds. The average Bonchev–Trinajstić information content (AvgIpc) is 3.17. The van der Waals surface area contributed by atoms with Crippen LogP contribution in [0.15, 0.2) is 36.7 Å². The summed E-state index contributed by atoms with van der Waals surface area (Å²) in [4.78, 5) is 25.8. The van der Waals surface area contributed by atoms with Crippen molar-refractivity contribution in [2.75, 3.05) is 43.5 Å². The molecule has 1 aromatic heterocycles. The molecule has 2 aromatic carbocycles. The van der Waals surface area contributed by atoms with Gasteiger partial charge in [-0.05, 0) is 43.7 Å². The zero-order chi connectivity index (χ0) is 23.9. The molecule has 0 aliphatic carbocycles. The highest BCUT2D eigenvalue weighted by Crippen LogP contribution is 2.41. The van der Waals surface area contributed by atoms with E-state index in [1.165, 1.54) is 6.33 Å². The number of ether oxygens (including phenoxy) is 2. The first-order valence-electron chi connectivity index (χ1n) is 11.4. The molecule has 0 radical (unpaired) electrons. The monoisotopic (exact) mass is 457 g/mol. The number of amides is 1. The molecule has 2 fully saturated rings. The van der Waals surface area contributed by atoms with Gasteiger partial charge in [0.05, 0.1) is 24.9 Å². The summed E-state index contributed by atoms with van der Waals surface area (Å²) in [5.41, 5.74) is 3.50. The molecule has 8 nitrogen and oxygen atoms in total. The minimum absolute atomic E-state index is 0.363. The molecule has 0 unspecified atom stereocenters. The van der Waals surface area contributed by atoms with Gasteiger partial charge in [0.2, 0.25) is 0 Å². The third kappa shape index (κ3) is 3.68. The van der Waals surface area contributed by atoms with Crippen LogP contribution in [0.4, 0.5) is 22.0 Å². The van der Waals surface area contributed by atoms with E-state index >= 15 is 0 Å². The van der Waals surface area contributed by atoms with Crippen molar-refractivity contribution >= 4 is 34.2 Å². The number of nitrogens with one attached hydrogen (secondary N) is 1. The first-order chi connectivity index (χ1) is 16.5. The standard InChI is InChI=1S/C26H27N5O3/c1-5-10-30-13-26(14-30)15-31(25(32)34-26)22-11-19-21(12-23(22)33-4)27-16-28-24(19)29-20-9-7-8-18(6-2)17(20)3/h2,7-9,11-12,16H,5,10,13-15H2,1,3-4H3,(H,27,28,29). The van der Waals surface area contributed by atoms with Crippen LogP contribution in [0.1, 0.15) is 24.5 Å². The lowest BCUT2D eigenvalue weighted by atomic mass is 9.93. The summed E-state index contributed by atoms with van der Waals surface area (Å²) in [5.74, 6) is 3.88. The number of rotatable bonds is 6. The Hall–Kier alpha value is -3.83. The number of fused-ring (bicyclic) bond motifs is 1. The normalized spacial score (nSPS) is 16.9. The van der Waals surface area contributed by atoms with E-state index in [0.29, 0.717) is 29.3 Å². The summed E-state index contributed by atoms with van der Waals surface area (Å²) in [6.07, 6.45) is 7.84. The number of benzene rings is 2. The number of aromatic nitrogens is 2. The Kier molecular flexibility index (Phi) is 5.50. The number of likely N-dealkylation sites (tertiary alicyclic amines) is 1. The van der Waals surface area contributed by atoms with Gasteiger partial charge < -0.3 is 14.8 Å². The van der Waals surface area contributed by atoms with Gasteiger partial charge in [0.25, 0.3) is 0 Å². The zero-order valence-corrected chi connectivity index (χ0v) is 19.6.